The van der Waals surface area contributed by atoms with Crippen LogP contribution in [0.25, 0.3) is 22.3 Å². The molecule has 3 heterocycles. The quantitative estimate of drug-likeness (QED) is 0.409. The predicted octanol–water partition coefficient (Wildman–Crippen LogP) is 5.35. The summed E-state index contributed by atoms with van der Waals surface area (Å²) in [4.78, 5) is 9.22. The Morgan fingerprint density at radius 1 is 1.12 bits per heavy atom. The first-order valence-corrected chi connectivity index (χ1v) is 11.2. The zero-order valence-electron chi connectivity index (χ0n) is 19.7. The van der Waals surface area contributed by atoms with Gasteiger partial charge in [0, 0.05) is 47.5 Å². The summed E-state index contributed by atoms with van der Waals surface area (Å²) in [6.45, 7) is 7.01. The van der Waals surface area contributed by atoms with Crippen LogP contribution >= 0.6 is 0 Å². The molecule has 8 heteroatoms. The summed E-state index contributed by atoms with van der Waals surface area (Å²) in [5.74, 6) is 3.70. The lowest BCUT2D eigenvalue weighted by Gasteiger charge is -2.21. The maximum absolute atomic E-state index is 5.66. The van der Waals surface area contributed by atoms with Gasteiger partial charge in [-0.15, -0.1) is 0 Å². The van der Waals surface area contributed by atoms with Crippen molar-refractivity contribution in [2.75, 3.05) is 19.5 Å². The molecule has 0 atom stereocenters. The standard InChI is InChI=1S/C25H29N5O3/c1-25(2,3)30-13-18(19-11-21(33-29-19)15-6-7-15)22-23(27-14-28-24(22)30)26-12-16-8-9-17(31-4)10-20(16)32-5/h8-11,13-15H,6-7,12H2,1-5H3,(H,26,27,28). The van der Waals surface area contributed by atoms with Crippen LogP contribution in [0, 0.1) is 0 Å². The lowest BCUT2D eigenvalue weighted by atomic mass is 10.1. The van der Waals surface area contributed by atoms with E-state index in [-0.39, 0.29) is 5.54 Å². The molecule has 1 aromatic carbocycles. The molecule has 0 amide bonds. The second-order valence-electron chi connectivity index (χ2n) is 9.42. The number of ether oxygens (including phenoxy) is 2. The van der Waals surface area contributed by atoms with E-state index in [1.165, 1.54) is 0 Å². The van der Waals surface area contributed by atoms with Crippen molar-refractivity contribution in [2.45, 2.75) is 51.6 Å². The van der Waals surface area contributed by atoms with Crippen LogP contribution in [0.3, 0.4) is 0 Å². The third-order valence-electron chi connectivity index (χ3n) is 6.03. The van der Waals surface area contributed by atoms with Crippen LogP contribution in [0.1, 0.15) is 50.9 Å². The second kappa shape index (κ2) is 8.10. The lowest BCUT2D eigenvalue weighted by Crippen LogP contribution is -2.21. The fourth-order valence-electron chi connectivity index (χ4n) is 4.05. The number of anilines is 1. The molecule has 0 radical (unpaired) electrons. The zero-order valence-corrected chi connectivity index (χ0v) is 19.7. The number of methoxy groups -OCH3 is 2. The van der Waals surface area contributed by atoms with E-state index in [1.807, 2.05) is 18.2 Å². The first-order valence-electron chi connectivity index (χ1n) is 11.2. The van der Waals surface area contributed by atoms with Crippen LogP contribution in [0.15, 0.2) is 41.3 Å². The van der Waals surface area contributed by atoms with Gasteiger partial charge in [0.15, 0.2) is 0 Å². The minimum atomic E-state index is -0.162. The van der Waals surface area contributed by atoms with E-state index < -0.39 is 0 Å². The van der Waals surface area contributed by atoms with E-state index in [0.29, 0.717) is 12.5 Å². The molecule has 1 aliphatic rings. The van der Waals surface area contributed by atoms with E-state index in [9.17, 15) is 0 Å². The van der Waals surface area contributed by atoms with Crippen molar-refractivity contribution in [1.82, 2.24) is 19.7 Å². The molecule has 1 aliphatic carbocycles. The van der Waals surface area contributed by atoms with Gasteiger partial charge in [-0.1, -0.05) is 5.16 Å². The predicted molar refractivity (Wildman–Crippen MR) is 127 cm³/mol. The average Bonchev–Trinajstić information content (AvgIpc) is 3.39. The SMILES string of the molecule is COc1ccc(CNc2ncnc3c2c(-c2cc(C4CC4)on2)cn3C(C)(C)C)c(OC)c1. The van der Waals surface area contributed by atoms with Gasteiger partial charge in [-0.3, -0.25) is 0 Å². The van der Waals surface area contributed by atoms with Crippen LogP contribution in [-0.2, 0) is 12.1 Å². The number of rotatable bonds is 7. The number of nitrogens with one attached hydrogen (secondary N) is 1. The van der Waals surface area contributed by atoms with Gasteiger partial charge in [-0.05, 0) is 45.7 Å². The van der Waals surface area contributed by atoms with E-state index >= 15 is 0 Å². The highest BCUT2D eigenvalue weighted by Crippen LogP contribution is 2.43. The summed E-state index contributed by atoms with van der Waals surface area (Å²) in [6.07, 6.45) is 6.03. The smallest absolute Gasteiger partial charge is 0.146 e. The maximum atomic E-state index is 5.66. The Kier molecular flexibility index (Phi) is 5.23. The molecule has 1 fully saturated rings. The van der Waals surface area contributed by atoms with Crippen LogP contribution in [0.5, 0.6) is 11.5 Å². The summed E-state index contributed by atoms with van der Waals surface area (Å²) in [5, 5.41) is 8.81. The van der Waals surface area contributed by atoms with E-state index in [2.05, 4.69) is 58.0 Å². The lowest BCUT2D eigenvalue weighted by molar-refractivity contribution is 0.386. The Morgan fingerprint density at radius 3 is 2.64 bits per heavy atom. The van der Waals surface area contributed by atoms with E-state index in [1.54, 1.807) is 20.5 Å². The third-order valence-corrected chi connectivity index (χ3v) is 6.03. The Morgan fingerprint density at radius 2 is 1.94 bits per heavy atom. The van der Waals surface area contributed by atoms with Crippen LogP contribution in [0.4, 0.5) is 5.82 Å². The van der Waals surface area contributed by atoms with Crippen molar-refractivity contribution >= 4 is 16.9 Å². The Bertz CT molecular complexity index is 1300. The fourth-order valence-corrected chi connectivity index (χ4v) is 4.05. The average molecular weight is 448 g/mol. The zero-order chi connectivity index (χ0) is 23.2. The van der Waals surface area contributed by atoms with E-state index in [4.69, 9.17) is 14.0 Å². The molecule has 0 spiro atoms. The Labute approximate surface area is 192 Å². The van der Waals surface area contributed by atoms with Gasteiger partial charge in [-0.25, -0.2) is 9.97 Å². The van der Waals surface area contributed by atoms with Crippen molar-refractivity contribution in [3.05, 3.63) is 48.1 Å². The summed E-state index contributed by atoms with van der Waals surface area (Å²) in [5.41, 5.74) is 3.46. The highest BCUT2D eigenvalue weighted by Gasteiger charge is 2.30. The number of hydrogen-bond donors (Lipinski definition) is 1. The van der Waals surface area contributed by atoms with Gasteiger partial charge in [0.1, 0.15) is 40.7 Å². The van der Waals surface area contributed by atoms with Crippen LogP contribution < -0.4 is 14.8 Å². The summed E-state index contributed by atoms with van der Waals surface area (Å²) in [6, 6.07) is 7.85. The molecular weight excluding hydrogens is 418 g/mol. The highest BCUT2D eigenvalue weighted by molar-refractivity contribution is 6.00. The van der Waals surface area contributed by atoms with Gasteiger partial charge in [-0.2, -0.15) is 0 Å². The molecule has 172 valence electrons. The van der Waals surface area contributed by atoms with Crippen molar-refractivity contribution in [2.24, 2.45) is 0 Å². The van der Waals surface area contributed by atoms with Gasteiger partial charge in [0.05, 0.1) is 19.6 Å². The Hall–Kier alpha value is -3.55. The molecule has 1 N–H and O–H groups in total. The van der Waals surface area contributed by atoms with Crippen LogP contribution in [-0.4, -0.2) is 33.9 Å². The molecule has 0 saturated heterocycles. The Balaban J connectivity index is 1.57. The number of benzene rings is 1. The van der Waals surface area contributed by atoms with Crippen molar-refractivity contribution in [1.29, 1.82) is 0 Å². The van der Waals surface area contributed by atoms with Gasteiger partial charge in [0.2, 0.25) is 0 Å². The molecule has 0 unspecified atom stereocenters. The number of nitrogens with zero attached hydrogens (tertiary/aromatic N) is 4. The molecule has 0 bridgehead atoms. The van der Waals surface area contributed by atoms with Gasteiger partial charge in [0.25, 0.3) is 0 Å². The minimum Gasteiger partial charge on any atom is -0.497 e. The third kappa shape index (κ3) is 4.01. The van der Waals surface area contributed by atoms with Crippen molar-refractivity contribution in [3.8, 4) is 22.8 Å². The monoisotopic (exact) mass is 447 g/mol. The molecule has 8 nitrogen and oxygen atoms in total. The summed E-state index contributed by atoms with van der Waals surface area (Å²) >= 11 is 0. The molecule has 4 aromatic rings. The number of hydrogen-bond acceptors (Lipinski definition) is 7. The number of fused-ring (bicyclic) bond motifs is 1. The summed E-state index contributed by atoms with van der Waals surface area (Å²) in [7, 11) is 3.30. The topological polar surface area (TPSA) is 87.2 Å². The molecule has 1 saturated carbocycles. The molecule has 0 aliphatic heterocycles. The highest BCUT2D eigenvalue weighted by atomic mass is 16.5. The first kappa shape index (κ1) is 21.3. The molecule has 33 heavy (non-hydrogen) atoms. The second-order valence-corrected chi connectivity index (χ2v) is 9.42. The molecular formula is C25H29N5O3. The first-order chi connectivity index (χ1) is 15.9. The normalized spacial score (nSPS) is 14.0. The summed E-state index contributed by atoms with van der Waals surface area (Å²) < 4.78 is 18.7. The van der Waals surface area contributed by atoms with E-state index in [0.717, 1.165) is 63.8 Å². The number of aromatic nitrogens is 4. The minimum absolute atomic E-state index is 0.162. The van der Waals surface area contributed by atoms with Gasteiger partial charge < -0.3 is 23.9 Å². The molecule has 3 aromatic heterocycles. The molecule has 5 rings (SSSR count). The van der Waals surface area contributed by atoms with Crippen molar-refractivity contribution in [3.63, 3.8) is 0 Å². The largest absolute Gasteiger partial charge is 0.497 e. The van der Waals surface area contributed by atoms with Crippen molar-refractivity contribution < 1.29 is 14.0 Å². The van der Waals surface area contributed by atoms with Crippen LogP contribution in [0.2, 0.25) is 0 Å². The fraction of sp³-hybridized carbons (Fsp3) is 0.400. The van der Waals surface area contributed by atoms with Gasteiger partial charge >= 0.3 is 0 Å². The maximum Gasteiger partial charge on any atom is 0.146 e.